The van der Waals surface area contributed by atoms with Crippen LogP contribution >= 0.6 is 11.3 Å². The molecule has 3 heterocycles. The molecule has 0 aliphatic rings. The number of thiophene rings is 1. The zero-order valence-electron chi connectivity index (χ0n) is 18.3. The Bertz CT molecular complexity index is 1170. The number of rotatable bonds is 7. The lowest BCUT2D eigenvalue weighted by Crippen LogP contribution is -2.25. The van der Waals surface area contributed by atoms with Gasteiger partial charge in [0.05, 0.1) is 17.0 Å². The van der Waals surface area contributed by atoms with Crippen molar-refractivity contribution in [1.82, 2.24) is 19.9 Å². The molecule has 0 spiro atoms. The van der Waals surface area contributed by atoms with Crippen molar-refractivity contribution in [2.75, 3.05) is 5.53 Å². The number of nitrogens with zero attached hydrogens (tertiary/aromatic N) is 4. The highest BCUT2D eigenvalue weighted by atomic mass is 32.1. The third kappa shape index (κ3) is 4.61. The fourth-order valence-corrected chi connectivity index (χ4v) is 4.39. The van der Waals surface area contributed by atoms with Crippen LogP contribution in [-0.4, -0.2) is 30.6 Å². The highest BCUT2D eigenvalue weighted by molar-refractivity contribution is 7.13. The predicted octanol–water partition coefficient (Wildman–Crippen LogP) is 4.00. The largest absolute Gasteiger partial charge is 0.390 e. The molecule has 0 radical (unpaired) electrons. The number of benzene rings is 1. The Morgan fingerprint density at radius 3 is 2.48 bits per heavy atom. The minimum Gasteiger partial charge on any atom is -0.390 e. The fraction of sp³-hybridized carbons (Fsp3) is 0.348. The van der Waals surface area contributed by atoms with Crippen LogP contribution in [0.15, 0.2) is 41.8 Å². The van der Waals surface area contributed by atoms with Gasteiger partial charge >= 0.3 is 0 Å². The molecule has 0 saturated heterocycles. The molecule has 0 fully saturated rings. The van der Waals surface area contributed by atoms with Gasteiger partial charge in [0, 0.05) is 17.7 Å². The minimum absolute atomic E-state index is 0.167. The summed E-state index contributed by atoms with van der Waals surface area (Å²) in [7, 11) is 0. The summed E-state index contributed by atoms with van der Waals surface area (Å²) in [6.45, 7) is 7.67. The van der Waals surface area contributed by atoms with Crippen molar-refractivity contribution in [2.45, 2.75) is 52.1 Å². The van der Waals surface area contributed by atoms with Gasteiger partial charge in [-0.05, 0) is 42.3 Å². The molecule has 0 aliphatic carbocycles. The lowest BCUT2D eigenvalue weighted by Gasteiger charge is -2.17. The van der Waals surface area contributed by atoms with Crippen molar-refractivity contribution >= 4 is 22.4 Å². The van der Waals surface area contributed by atoms with Crippen LogP contribution in [0.3, 0.4) is 0 Å². The molecule has 0 unspecified atom stereocenters. The molecule has 31 heavy (non-hydrogen) atoms. The fourth-order valence-electron chi connectivity index (χ4n) is 3.65. The van der Waals surface area contributed by atoms with E-state index >= 15 is 0 Å². The van der Waals surface area contributed by atoms with Crippen LogP contribution in [0.1, 0.15) is 56.4 Å². The van der Waals surface area contributed by atoms with Crippen molar-refractivity contribution in [3.63, 3.8) is 0 Å². The summed E-state index contributed by atoms with van der Waals surface area (Å²) in [6, 6.07) is 12.7. The van der Waals surface area contributed by atoms with Gasteiger partial charge in [-0.15, -0.1) is 11.3 Å². The molecule has 4 aromatic rings. The normalized spacial score (nSPS) is 12.1. The van der Waals surface area contributed by atoms with Crippen molar-refractivity contribution in [3.8, 4) is 10.4 Å². The van der Waals surface area contributed by atoms with E-state index < -0.39 is 5.60 Å². The first-order valence-corrected chi connectivity index (χ1v) is 11.2. The van der Waals surface area contributed by atoms with Gasteiger partial charge in [0.2, 0.25) is 0 Å². The number of hydrogen-bond acceptors (Lipinski definition) is 7. The Labute approximate surface area is 185 Å². The van der Waals surface area contributed by atoms with E-state index in [-0.39, 0.29) is 5.92 Å². The van der Waals surface area contributed by atoms with Gasteiger partial charge in [-0.25, -0.2) is 21.3 Å². The van der Waals surface area contributed by atoms with Crippen LogP contribution in [0.5, 0.6) is 0 Å². The standard InChI is InChI=1S/C23H28N6OS/c1-14(2)20-21-22(29(27-20)28-24)17(25-19(26-21)13-23(3,4)30)12-15-7-9-16(10-8-15)18-6-5-11-31-18/h5-11,14,28,30H,12-13,24H2,1-4H3. The zero-order chi connectivity index (χ0) is 22.2. The monoisotopic (exact) mass is 436 g/mol. The van der Waals surface area contributed by atoms with Crippen molar-refractivity contribution in [3.05, 3.63) is 64.6 Å². The Balaban J connectivity index is 1.79. The molecule has 0 aliphatic heterocycles. The number of hydrogen-bond donors (Lipinski definition) is 3. The quantitative estimate of drug-likeness (QED) is 0.299. The van der Waals surface area contributed by atoms with Crippen LogP contribution < -0.4 is 11.4 Å². The molecule has 8 heteroatoms. The number of fused-ring (bicyclic) bond motifs is 1. The van der Waals surface area contributed by atoms with Crippen LogP contribution in [0.2, 0.25) is 0 Å². The molecule has 3 aromatic heterocycles. The Kier molecular flexibility index (Phi) is 5.79. The second-order valence-electron chi connectivity index (χ2n) is 8.70. The van der Waals surface area contributed by atoms with E-state index in [1.165, 1.54) is 10.4 Å². The maximum absolute atomic E-state index is 10.3. The topological polar surface area (TPSA) is 102 Å². The summed E-state index contributed by atoms with van der Waals surface area (Å²) in [4.78, 5) is 12.4. The van der Waals surface area contributed by atoms with E-state index in [4.69, 9.17) is 15.8 Å². The van der Waals surface area contributed by atoms with E-state index in [1.807, 2.05) is 0 Å². The van der Waals surface area contributed by atoms with Crippen LogP contribution in [0, 0.1) is 0 Å². The third-order valence-corrected chi connectivity index (χ3v) is 5.97. The number of aliphatic hydroxyl groups is 1. The first kappa shape index (κ1) is 21.4. The Morgan fingerprint density at radius 1 is 1.16 bits per heavy atom. The molecular formula is C23H28N6OS. The molecule has 4 N–H and O–H groups in total. The molecule has 0 amide bonds. The number of aromatic nitrogens is 4. The van der Waals surface area contributed by atoms with Crippen molar-refractivity contribution < 1.29 is 5.11 Å². The third-order valence-electron chi connectivity index (χ3n) is 5.06. The van der Waals surface area contributed by atoms with Gasteiger partial charge in [0.1, 0.15) is 16.9 Å². The molecule has 0 atom stereocenters. The summed E-state index contributed by atoms with van der Waals surface area (Å²) in [5.41, 5.74) is 7.28. The van der Waals surface area contributed by atoms with Crippen LogP contribution in [0.4, 0.5) is 0 Å². The SMILES string of the molecule is CC(C)c1nn(NN)c2c(Cc3ccc(-c4cccs4)cc3)nc(CC(C)(C)O)nc12. The van der Waals surface area contributed by atoms with E-state index in [0.717, 1.165) is 28.0 Å². The van der Waals surface area contributed by atoms with Gasteiger partial charge in [0.25, 0.3) is 0 Å². The highest BCUT2D eigenvalue weighted by Crippen LogP contribution is 2.28. The molecule has 7 nitrogen and oxygen atoms in total. The maximum Gasteiger partial charge on any atom is 0.134 e. The first-order valence-electron chi connectivity index (χ1n) is 10.4. The molecule has 162 valence electrons. The minimum atomic E-state index is -0.909. The van der Waals surface area contributed by atoms with E-state index in [9.17, 15) is 5.11 Å². The number of nitrogens with two attached hydrogens (primary N) is 1. The van der Waals surface area contributed by atoms with Gasteiger partial charge in [-0.2, -0.15) is 9.89 Å². The van der Waals surface area contributed by atoms with Crippen LogP contribution in [0.25, 0.3) is 21.5 Å². The van der Waals surface area contributed by atoms with Gasteiger partial charge in [0.15, 0.2) is 0 Å². The summed E-state index contributed by atoms with van der Waals surface area (Å²) >= 11 is 1.73. The van der Waals surface area contributed by atoms with Crippen LogP contribution in [-0.2, 0) is 12.8 Å². The number of hydrazine groups is 1. The summed E-state index contributed by atoms with van der Waals surface area (Å²) < 4.78 is 0. The molecule has 1 aromatic carbocycles. The van der Waals surface area contributed by atoms with E-state index in [2.05, 4.69) is 66.3 Å². The second-order valence-corrected chi connectivity index (χ2v) is 9.65. The molecule has 0 bridgehead atoms. The smallest absolute Gasteiger partial charge is 0.134 e. The molecule has 0 saturated carbocycles. The zero-order valence-corrected chi connectivity index (χ0v) is 19.1. The van der Waals surface area contributed by atoms with Gasteiger partial charge in [-0.1, -0.05) is 44.2 Å². The first-order chi connectivity index (χ1) is 14.7. The molecular weight excluding hydrogens is 408 g/mol. The van der Waals surface area contributed by atoms with Crippen molar-refractivity contribution in [1.29, 1.82) is 0 Å². The van der Waals surface area contributed by atoms with E-state index in [0.29, 0.717) is 18.7 Å². The lowest BCUT2D eigenvalue weighted by atomic mass is 10.0. The van der Waals surface area contributed by atoms with Crippen molar-refractivity contribution in [2.24, 2.45) is 5.84 Å². The van der Waals surface area contributed by atoms with Gasteiger partial charge in [-0.3, -0.25) is 0 Å². The molecule has 4 rings (SSSR count). The highest BCUT2D eigenvalue weighted by Gasteiger charge is 2.23. The van der Waals surface area contributed by atoms with E-state index in [1.54, 1.807) is 30.0 Å². The predicted molar refractivity (Wildman–Crippen MR) is 126 cm³/mol. The average Bonchev–Trinajstić information content (AvgIpc) is 3.35. The average molecular weight is 437 g/mol. The summed E-state index contributed by atoms with van der Waals surface area (Å²) in [5.74, 6) is 6.53. The second kappa shape index (κ2) is 8.37. The Morgan fingerprint density at radius 2 is 1.90 bits per heavy atom. The van der Waals surface area contributed by atoms with Gasteiger partial charge < -0.3 is 5.11 Å². The number of nitrogens with one attached hydrogen (secondary N) is 1. The summed E-state index contributed by atoms with van der Waals surface area (Å²) in [5, 5.41) is 17.0. The summed E-state index contributed by atoms with van der Waals surface area (Å²) in [6.07, 6.45) is 0.958. The number of nitrogen functional groups attached to an aromatic ring is 1. The Hall–Kier alpha value is -2.81. The maximum atomic E-state index is 10.3. The lowest BCUT2D eigenvalue weighted by molar-refractivity contribution is 0.0788.